The van der Waals surface area contributed by atoms with Crippen LogP contribution in [0.15, 0.2) is 11.6 Å². The summed E-state index contributed by atoms with van der Waals surface area (Å²) in [5.74, 6) is 0.644. The zero-order valence-electron chi connectivity index (χ0n) is 8.54. The Morgan fingerprint density at radius 3 is 2.79 bits per heavy atom. The summed E-state index contributed by atoms with van der Waals surface area (Å²) in [7, 11) is 0. The van der Waals surface area contributed by atoms with Gasteiger partial charge in [-0.25, -0.2) is 4.79 Å². The summed E-state index contributed by atoms with van der Waals surface area (Å²) in [4.78, 5) is 10.8. The quantitative estimate of drug-likeness (QED) is 0.696. The Morgan fingerprint density at radius 1 is 1.21 bits per heavy atom. The van der Waals surface area contributed by atoms with Crippen molar-refractivity contribution in [2.24, 2.45) is 11.8 Å². The average molecular weight is 194 g/mol. The van der Waals surface area contributed by atoms with E-state index in [1.165, 1.54) is 32.1 Å². The van der Waals surface area contributed by atoms with Gasteiger partial charge in [-0.2, -0.15) is 0 Å². The molecule has 2 unspecified atom stereocenters. The second-order valence-corrected chi connectivity index (χ2v) is 4.60. The van der Waals surface area contributed by atoms with Crippen molar-refractivity contribution in [3.63, 3.8) is 0 Å². The third kappa shape index (κ3) is 1.99. The van der Waals surface area contributed by atoms with E-state index in [4.69, 9.17) is 5.11 Å². The molecule has 0 spiro atoms. The van der Waals surface area contributed by atoms with E-state index in [0.29, 0.717) is 11.5 Å². The number of hydrogen-bond donors (Lipinski definition) is 1. The summed E-state index contributed by atoms with van der Waals surface area (Å²) < 4.78 is 0. The number of carboxylic acid groups (broad SMARTS) is 1. The third-order valence-corrected chi connectivity index (χ3v) is 3.69. The largest absolute Gasteiger partial charge is 0.478 e. The van der Waals surface area contributed by atoms with Crippen LogP contribution in [0.25, 0.3) is 0 Å². The SMILES string of the molecule is O=C(O)C1=CC2CCCCCC2CC1. The molecule has 2 aliphatic carbocycles. The number of allylic oxidation sites excluding steroid dienone is 1. The maximum absolute atomic E-state index is 10.8. The second-order valence-electron chi connectivity index (χ2n) is 4.60. The van der Waals surface area contributed by atoms with Crippen molar-refractivity contribution < 1.29 is 9.90 Å². The molecule has 1 saturated carbocycles. The van der Waals surface area contributed by atoms with Crippen LogP contribution in [0.5, 0.6) is 0 Å². The van der Waals surface area contributed by atoms with Gasteiger partial charge in [0.1, 0.15) is 0 Å². The molecular formula is C12H18O2. The van der Waals surface area contributed by atoms with Crippen LogP contribution in [0.4, 0.5) is 0 Å². The lowest BCUT2D eigenvalue weighted by molar-refractivity contribution is -0.133. The lowest BCUT2D eigenvalue weighted by atomic mass is 9.78. The minimum absolute atomic E-state index is 0.567. The first-order chi connectivity index (χ1) is 6.77. The van der Waals surface area contributed by atoms with Crippen molar-refractivity contribution >= 4 is 5.97 Å². The fraction of sp³-hybridized carbons (Fsp3) is 0.750. The third-order valence-electron chi connectivity index (χ3n) is 3.69. The lowest BCUT2D eigenvalue weighted by Crippen LogP contribution is -2.19. The van der Waals surface area contributed by atoms with Crippen LogP contribution in [0.3, 0.4) is 0 Å². The molecule has 0 amide bonds. The number of carboxylic acids is 1. The summed E-state index contributed by atoms with van der Waals surface area (Å²) in [6.45, 7) is 0. The molecule has 2 heteroatoms. The van der Waals surface area contributed by atoms with Gasteiger partial charge in [0.05, 0.1) is 0 Å². The van der Waals surface area contributed by atoms with Crippen LogP contribution < -0.4 is 0 Å². The highest BCUT2D eigenvalue weighted by Gasteiger charge is 2.27. The first kappa shape index (κ1) is 9.75. The van der Waals surface area contributed by atoms with Crippen molar-refractivity contribution in [3.8, 4) is 0 Å². The van der Waals surface area contributed by atoms with E-state index in [1.54, 1.807) is 0 Å². The molecule has 1 fully saturated rings. The Kier molecular flexibility index (Phi) is 2.90. The summed E-state index contributed by atoms with van der Waals surface area (Å²) in [6, 6.07) is 0. The zero-order valence-corrected chi connectivity index (χ0v) is 8.54. The summed E-state index contributed by atoms with van der Waals surface area (Å²) in [5, 5.41) is 8.93. The Balaban J connectivity index is 2.11. The minimum atomic E-state index is -0.701. The van der Waals surface area contributed by atoms with Crippen molar-refractivity contribution in [2.45, 2.75) is 44.9 Å². The maximum atomic E-state index is 10.8. The molecule has 0 aromatic rings. The van der Waals surface area contributed by atoms with E-state index in [0.717, 1.165) is 18.8 Å². The zero-order chi connectivity index (χ0) is 9.97. The van der Waals surface area contributed by atoms with Gasteiger partial charge in [0, 0.05) is 5.57 Å². The molecule has 14 heavy (non-hydrogen) atoms. The van der Waals surface area contributed by atoms with Crippen molar-refractivity contribution in [3.05, 3.63) is 11.6 Å². The highest BCUT2D eigenvalue weighted by molar-refractivity contribution is 5.86. The standard InChI is InChI=1S/C12H18O2/c13-12(14)11-7-6-9-4-2-1-3-5-10(9)8-11/h8-10H,1-7H2,(H,13,14). The summed E-state index contributed by atoms with van der Waals surface area (Å²) in [5.41, 5.74) is 0.660. The number of aliphatic carboxylic acids is 1. The number of carbonyl (C=O) groups is 1. The van der Waals surface area contributed by atoms with Gasteiger partial charge in [0.25, 0.3) is 0 Å². The molecule has 0 heterocycles. The van der Waals surface area contributed by atoms with Gasteiger partial charge in [-0.3, -0.25) is 0 Å². The van der Waals surface area contributed by atoms with Crippen LogP contribution >= 0.6 is 0 Å². The summed E-state index contributed by atoms with van der Waals surface area (Å²) >= 11 is 0. The van der Waals surface area contributed by atoms with Crippen LogP contribution in [0.2, 0.25) is 0 Å². The molecule has 0 radical (unpaired) electrons. The highest BCUT2D eigenvalue weighted by atomic mass is 16.4. The smallest absolute Gasteiger partial charge is 0.331 e. The molecule has 2 nitrogen and oxygen atoms in total. The molecule has 0 aromatic carbocycles. The molecule has 0 saturated heterocycles. The van der Waals surface area contributed by atoms with E-state index >= 15 is 0 Å². The molecule has 2 aliphatic rings. The Bertz CT molecular complexity index is 255. The van der Waals surface area contributed by atoms with Crippen LogP contribution in [0.1, 0.15) is 44.9 Å². The lowest BCUT2D eigenvalue weighted by Gasteiger charge is -2.27. The van der Waals surface area contributed by atoms with E-state index in [9.17, 15) is 4.79 Å². The van der Waals surface area contributed by atoms with Gasteiger partial charge in [-0.1, -0.05) is 25.3 Å². The molecule has 2 atom stereocenters. The number of rotatable bonds is 1. The fourth-order valence-electron chi connectivity index (χ4n) is 2.85. The highest BCUT2D eigenvalue weighted by Crippen LogP contribution is 2.37. The first-order valence-electron chi connectivity index (χ1n) is 5.71. The molecule has 2 rings (SSSR count). The summed E-state index contributed by atoms with van der Waals surface area (Å²) in [6.07, 6.45) is 10.4. The molecular weight excluding hydrogens is 176 g/mol. The molecule has 0 bridgehead atoms. The van der Waals surface area contributed by atoms with Gasteiger partial charge in [-0.05, 0) is 37.5 Å². The average Bonchev–Trinajstić information content (AvgIpc) is 2.41. The first-order valence-corrected chi connectivity index (χ1v) is 5.71. The Hall–Kier alpha value is -0.790. The minimum Gasteiger partial charge on any atom is -0.478 e. The molecule has 78 valence electrons. The Morgan fingerprint density at radius 2 is 2.00 bits per heavy atom. The second kappa shape index (κ2) is 4.16. The molecule has 0 aliphatic heterocycles. The van der Waals surface area contributed by atoms with E-state index < -0.39 is 5.97 Å². The normalized spacial score (nSPS) is 32.7. The topological polar surface area (TPSA) is 37.3 Å². The van der Waals surface area contributed by atoms with Gasteiger partial charge < -0.3 is 5.11 Å². The van der Waals surface area contributed by atoms with E-state index in [1.807, 2.05) is 6.08 Å². The predicted molar refractivity (Wildman–Crippen MR) is 55.0 cm³/mol. The van der Waals surface area contributed by atoms with E-state index in [2.05, 4.69) is 0 Å². The van der Waals surface area contributed by atoms with Crippen LogP contribution in [-0.2, 0) is 4.79 Å². The van der Waals surface area contributed by atoms with Gasteiger partial charge >= 0.3 is 5.97 Å². The monoisotopic (exact) mass is 194 g/mol. The van der Waals surface area contributed by atoms with Gasteiger partial charge in [-0.15, -0.1) is 0 Å². The van der Waals surface area contributed by atoms with Crippen molar-refractivity contribution in [1.82, 2.24) is 0 Å². The molecule has 1 N–H and O–H groups in total. The maximum Gasteiger partial charge on any atom is 0.331 e. The van der Waals surface area contributed by atoms with Gasteiger partial charge in [0.15, 0.2) is 0 Å². The fourth-order valence-corrected chi connectivity index (χ4v) is 2.85. The van der Waals surface area contributed by atoms with Crippen LogP contribution in [-0.4, -0.2) is 11.1 Å². The predicted octanol–water partition coefficient (Wildman–Crippen LogP) is 2.99. The number of hydrogen-bond acceptors (Lipinski definition) is 1. The van der Waals surface area contributed by atoms with Gasteiger partial charge in [0.2, 0.25) is 0 Å². The van der Waals surface area contributed by atoms with Crippen molar-refractivity contribution in [2.75, 3.05) is 0 Å². The Labute approximate surface area is 85.0 Å². The van der Waals surface area contributed by atoms with Crippen molar-refractivity contribution in [1.29, 1.82) is 0 Å². The number of fused-ring (bicyclic) bond motifs is 1. The van der Waals surface area contributed by atoms with E-state index in [-0.39, 0.29) is 0 Å². The molecule has 0 aromatic heterocycles. The van der Waals surface area contributed by atoms with Crippen LogP contribution in [0, 0.1) is 11.8 Å².